The molecule has 0 fully saturated rings. The third-order valence-corrected chi connectivity index (χ3v) is 13.5. The van der Waals surface area contributed by atoms with Gasteiger partial charge in [0, 0.05) is 17.1 Å². The minimum atomic E-state index is -0.541. The van der Waals surface area contributed by atoms with Gasteiger partial charge in [-0.05, 0) is 137 Å². The van der Waals surface area contributed by atoms with E-state index in [0.29, 0.717) is 0 Å². The van der Waals surface area contributed by atoms with Gasteiger partial charge in [-0.15, -0.1) is 0 Å². The molecule has 0 amide bonds. The van der Waals surface area contributed by atoms with Gasteiger partial charge in [0.1, 0.15) is 0 Å². The lowest BCUT2D eigenvalue weighted by molar-refractivity contribution is 0.768. The number of benzene rings is 11. The fourth-order valence-corrected chi connectivity index (χ4v) is 10.5. The first kappa shape index (κ1) is 39.1. The van der Waals surface area contributed by atoms with Crippen molar-refractivity contribution in [1.82, 2.24) is 0 Å². The van der Waals surface area contributed by atoms with E-state index in [4.69, 9.17) is 0 Å². The summed E-state index contributed by atoms with van der Waals surface area (Å²) in [6.45, 7) is 0. The fraction of sp³-hybridized carbons (Fsp3) is 0.0154. The number of rotatable bonds is 9. The second-order valence-electron chi connectivity index (χ2n) is 17.3. The van der Waals surface area contributed by atoms with Crippen LogP contribution < -0.4 is 4.90 Å². The standard InChI is InChI=1S/C65H45N/c1-5-20-46(21-6-1)52-41-53(47-22-7-2-8-23-47)44-58(43-52)66(56-33-18-27-50(42-56)49-26-17-28-51(40-49)60-36-19-25-48-24-13-14-34-59(48)60)57-38-39-62-61-35-15-16-37-63(61)65(64(62)45-57,54-29-9-3-10-30-54)55-31-11-4-12-32-55/h1-45H. The van der Waals surface area contributed by atoms with Crippen molar-refractivity contribution in [2.45, 2.75) is 5.41 Å². The highest BCUT2D eigenvalue weighted by Crippen LogP contribution is 2.57. The van der Waals surface area contributed by atoms with Gasteiger partial charge in [-0.1, -0.05) is 224 Å². The molecule has 0 spiro atoms. The summed E-state index contributed by atoms with van der Waals surface area (Å²) in [5.74, 6) is 0. The van der Waals surface area contributed by atoms with Gasteiger partial charge in [-0.25, -0.2) is 0 Å². The van der Waals surface area contributed by atoms with Crippen molar-refractivity contribution in [1.29, 1.82) is 0 Å². The summed E-state index contributed by atoms with van der Waals surface area (Å²) < 4.78 is 0. The van der Waals surface area contributed by atoms with Gasteiger partial charge in [0.15, 0.2) is 0 Å². The molecule has 11 aromatic rings. The van der Waals surface area contributed by atoms with Crippen LogP contribution in [0.4, 0.5) is 17.1 Å². The van der Waals surface area contributed by atoms with Gasteiger partial charge in [0.2, 0.25) is 0 Å². The van der Waals surface area contributed by atoms with Gasteiger partial charge >= 0.3 is 0 Å². The van der Waals surface area contributed by atoms with Crippen molar-refractivity contribution in [2.24, 2.45) is 0 Å². The average molecular weight is 840 g/mol. The topological polar surface area (TPSA) is 3.24 Å². The Balaban J connectivity index is 1.10. The van der Waals surface area contributed by atoms with Crippen molar-refractivity contribution < 1.29 is 0 Å². The van der Waals surface area contributed by atoms with Crippen LogP contribution in [0.2, 0.25) is 0 Å². The minimum Gasteiger partial charge on any atom is -0.310 e. The Morgan fingerprint density at radius 3 is 1.39 bits per heavy atom. The van der Waals surface area contributed by atoms with Crippen LogP contribution in [0.3, 0.4) is 0 Å². The summed E-state index contributed by atoms with van der Waals surface area (Å²) in [6, 6.07) is 100. The normalized spacial score (nSPS) is 12.4. The summed E-state index contributed by atoms with van der Waals surface area (Å²) in [5.41, 5.74) is 19.7. The lowest BCUT2D eigenvalue weighted by atomic mass is 9.67. The lowest BCUT2D eigenvalue weighted by Gasteiger charge is -2.35. The molecule has 0 unspecified atom stereocenters. The van der Waals surface area contributed by atoms with Crippen LogP contribution in [0, 0.1) is 0 Å². The van der Waals surface area contributed by atoms with E-state index in [1.165, 1.54) is 72.0 Å². The molecular weight excluding hydrogens is 795 g/mol. The van der Waals surface area contributed by atoms with Crippen molar-refractivity contribution in [3.05, 3.63) is 295 Å². The molecule has 0 aliphatic heterocycles. The smallest absolute Gasteiger partial charge is 0.0714 e. The summed E-state index contributed by atoms with van der Waals surface area (Å²) in [4.78, 5) is 2.47. The second kappa shape index (κ2) is 16.6. The Labute approximate surface area is 387 Å². The second-order valence-corrected chi connectivity index (χ2v) is 17.3. The zero-order valence-electron chi connectivity index (χ0n) is 36.4. The number of hydrogen-bond donors (Lipinski definition) is 0. The van der Waals surface area contributed by atoms with Crippen LogP contribution in [-0.4, -0.2) is 0 Å². The molecule has 12 rings (SSSR count). The van der Waals surface area contributed by atoms with E-state index in [9.17, 15) is 0 Å². The monoisotopic (exact) mass is 839 g/mol. The molecular formula is C65H45N. The number of hydrogen-bond acceptors (Lipinski definition) is 1. The zero-order chi connectivity index (χ0) is 43.9. The summed E-state index contributed by atoms with van der Waals surface area (Å²) in [7, 11) is 0. The Hall–Kier alpha value is -8.52. The Kier molecular flexibility index (Phi) is 9.81. The summed E-state index contributed by atoms with van der Waals surface area (Å²) in [6.07, 6.45) is 0. The van der Waals surface area contributed by atoms with Gasteiger partial charge < -0.3 is 4.90 Å². The van der Waals surface area contributed by atoms with Crippen LogP contribution in [0.15, 0.2) is 273 Å². The van der Waals surface area contributed by atoms with E-state index >= 15 is 0 Å². The molecule has 0 radical (unpaired) electrons. The van der Waals surface area contributed by atoms with E-state index in [0.717, 1.165) is 33.8 Å². The van der Waals surface area contributed by atoms with E-state index in [-0.39, 0.29) is 0 Å². The first-order valence-corrected chi connectivity index (χ1v) is 22.8. The Morgan fingerprint density at radius 1 is 0.242 bits per heavy atom. The molecule has 0 bridgehead atoms. The highest BCUT2D eigenvalue weighted by atomic mass is 15.1. The molecule has 66 heavy (non-hydrogen) atoms. The first-order chi connectivity index (χ1) is 32.7. The SMILES string of the molecule is c1ccc(-c2cc(-c3ccccc3)cc(N(c3cccc(-c4cccc(-c5cccc6ccccc56)c4)c3)c3ccc4c(c3)C(c3ccccc3)(c3ccccc3)c3ccccc3-4)c2)cc1. The largest absolute Gasteiger partial charge is 0.310 e. The predicted octanol–water partition coefficient (Wildman–Crippen LogP) is 17.3. The molecule has 11 aromatic carbocycles. The summed E-state index contributed by atoms with van der Waals surface area (Å²) in [5, 5.41) is 2.50. The molecule has 1 heteroatoms. The fourth-order valence-electron chi connectivity index (χ4n) is 10.5. The minimum absolute atomic E-state index is 0.541. The maximum Gasteiger partial charge on any atom is 0.0714 e. The van der Waals surface area contributed by atoms with Gasteiger partial charge in [0.05, 0.1) is 5.41 Å². The van der Waals surface area contributed by atoms with Crippen molar-refractivity contribution in [2.75, 3.05) is 4.90 Å². The molecule has 0 atom stereocenters. The van der Waals surface area contributed by atoms with Crippen LogP contribution in [0.1, 0.15) is 22.3 Å². The van der Waals surface area contributed by atoms with E-state index in [2.05, 4.69) is 278 Å². The third-order valence-electron chi connectivity index (χ3n) is 13.5. The molecule has 0 N–H and O–H groups in total. The molecule has 0 saturated carbocycles. The van der Waals surface area contributed by atoms with Crippen LogP contribution in [0.5, 0.6) is 0 Å². The molecule has 1 aliphatic rings. The van der Waals surface area contributed by atoms with Gasteiger partial charge in [-0.2, -0.15) is 0 Å². The van der Waals surface area contributed by atoms with Crippen molar-refractivity contribution >= 4 is 27.8 Å². The highest BCUT2D eigenvalue weighted by Gasteiger charge is 2.46. The molecule has 0 heterocycles. The van der Waals surface area contributed by atoms with Gasteiger partial charge in [0.25, 0.3) is 0 Å². The first-order valence-electron chi connectivity index (χ1n) is 22.8. The lowest BCUT2D eigenvalue weighted by Crippen LogP contribution is -2.28. The van der Waals surface area contributed by atoms with E-state index < -0.39 is 5.41 Å². The quantitative estimate of drug-likeness (QED) is 0.140. The van der Waals surface area contributed by atoms with Gasteiger partial charge in [-0.3, -0.25) is 0 Å². The Bertz CT molecular complexity index is 3420. The molecule has 0 saturated heterocycles. The number of nitrogens with zero attached hydrogens (tertiary/aromatic N) is 1. The molecule has 310 valence electrons. The van der Waals surface area contributed by atoms with Crippen molar-refractivity contribution in [3.63, 3.8) is 0 Å². The maximum atomic E-state index is 2.47. The predicted molar refractivity (Wildman–Crippen MR) is 278 cm³/mol. The molecule has 1 nitrogen and oxygen atoms in total. The van der Waals surface area contributed by atoms with E-state index in [1.807, 2.05) is 0 Å². The van der Waals surface area contributed by atoms with Crippen LogP contribution in [0.25, 0.3) is 66.4 Å². The van der Waals surface area contributed by atoms with Crippen molar-refractivity contribution in [3.8, 4) is 55.6 Å². The van der Waals surface area contributed by atoms with Crippen LogP contribution >= 0.6 is 0 Å². The number of fused-ring (bicyclic) bond motifs is 4. The molecule has 0 aromatic heterocycles. The Morgan fingerprint density at radius 2 is 0.697 bits per heavy atom. The number of anilines is 3. The van der Waals surface area contributed by atoms with Crippen LogP contribution in [-0.2, 0) is 5.41 Å². The zero-order valence-corrected chi connectivity index (χ0v) is 36.4. The third kappa shape index (κ3) is 6.73. The van der Waals surface area contributed by atoms with E-state index in [1.54, 1.807) is 0 Å². The maximum absolute atomic E-state index is 2.47. The summed E-state index contributed by atoms with van der Waals surface area (Å²) >= 11 is 0. The molecule has 1 aliphatic carbocycles. The highest BCUT2D eigenvalue weighted by molar-refractivity contribution is 5.98. The average Bonchev–Trinajstić information content (AvgIpc) is 3.70.